The maximum absolute atomic E-state index is 10.2. The van der Waals surface area contributed by atoms with Crippen LogP contribution in [0.25, 0.3) is 0 Å². The molecule has 0 unspecified atom stereocenters. The van der Waals surface area contributed by atoms with Crippen LogP contribution < -0.4 is 4.80 Å². The van der Waals surface area contributed by atoms with Crippen molar-refractivity contribution in [1.82, 2.24) is 4.68 Å². The molecule has 0 radical (unpaired) electrons. The lowest BCUT2D eigenvalue weighted by Gasteiger charge is -2.03. The Kier molecular flexibility index (Phi) is 5.88. The molecule has 0 bridgehead atoms. The van der Waals surface area contributed by atoms with Crippen molar-refractivity contribution >= 4 is 49.4 Å². The Bertz CT molecular complexity index is 978. The largest absolute Gasteiger partial charge is 0.506 e. The van der Waals surface area contributed by atoms with Gasteiger partial charge in [-0.2, -0.15) is 5.10 Å². The molecular formula is C18H15Br2N3OS. The lowest BCUT2D eigenvalue weighted by molar-refractivity contribution is 0.471. The number of aromatic hydroxyl groups is 1. The minimum atomic E-state index is 0.156. The van der Waals surface area contributed by atoms with Gasteiger partial charge in [0.25, 0.3) is 0 Å². The second kappa shape index (κ2) is 8.12. The monoisotopic (exact) mass is 479 g/mol. The van der Waals surface area contributed by atoms with Crippen molar-refractivity contribution in [3.8, 4) is 5.75 Å². The maximum Gasteiger partial charge on any atom is 0.206 e. The van der Waals surface area contributed by atoms with E-state index >= 15 is 0 Å². The van der Waals surface area contributed by atoms with Crippen LogP contribution in [0.3, 0.4) is 0 Å². The van der Waals surface area contributed by atoms with E-state index in [9.17, 15) is 5.11 Å². The van der Waals surface area contributed by atoms with Gasteiger partial charge < -0.3 is 5.11 Å². The van der Waals surface area contributed by atoms with Crippen LogP contribution in [0.4, 0.5) is 0 Å². The van der Waals surface area contributed by atoms with Gasteiger partial charge in [0, 0.05) is 15.4 Å². The number of phenolic OH excluding ortho intramolecular Hbond substituents is 1. The van der Waals surface area contributed by atoms with Gasteiger partial charge in [0.1, 0.15) is 5.75 Å². The average Bonchev–Trinajstić information content (AvgIpc) is 2.96. The number of phenols is 1. The first kappa shape index (κ1) is 18.1. The molecule has 0 amide bonds. The summed E-state index contributed by atoms with van der Waals surface area (Å²) in [6, 6.07) is 13.7. The molecule has 128 valence electrons. The third-order valence-electron chi connectivity index (χ3n) is 3.46. The van der Waals surface area contributed by atoms with Crippen LogP contribution in [0, 0.1) is 6.92 Å². The molecule has 25 heavy (non-hydrogen) atoms. The molecule has 4 nitrogen and oxygen atoms in total. The SMILES string of the molecule is Cc1csc(=NCc2ccccc2)n1N=Cc1cc(Br)cc(Br)c1O. The predicted molar refractivity (Wildman–Crippen MR) is 109 cm³/mol. The van der Waals surface area contributed by atoms with Crippen molar-refractivity contribution in [2.45, 2.75) is 13.5 Å². The van der Waals surface area contributed by atoms with E-state index in [0.29, 0.717) is 16.6 Å². The molecule has 3 rings (SSSR count). The summed E-state index contributed by atoms with van der Waals surface area (Å²) in [5, 5.41) is 16.7. The Hall–Kier alpha value is -1.70. The number of rotatable bonds is 4. The first-order valence-electron chi connectivity index (χ1n) is 7.48. The molecule has 0 aliphatic heterocycles. The molecule has 1 N–H and O–H groups in total. The van der Waals surface area contributed by atoms with Crippen molar-refractivity contribution < 1.29 is 5.11 Å². The van der Waals surface area contributed by atoms with Gasteiger partial charge in [0.15, 0.2) is 0 Å². The molecule has 1 aromatic heterocycles. The number of thiazole rings is 1. The summed E-state index contributed by atoms with van der Waals surface area (Å²) in [6.07, 6.45) is 1.63. The molecule has 7 heteroatoms. The summed E-state index contributed by atoms with van der Waals surface area (Å²) in [5.41, 5.74) is 2.76. The Morgan fingerprint density at radius 1 is 1.20 bits per heavy atom. The van der Waals surface area contributed by atoms with Gasteiger partial charge in [0.2, 0.25) is 4.80 Å². The highest BCUT2D eigenvalue weighted by Gasteiger charge is 2.06. The molecule has 0 aliphatic carbocycles. The van der Waals surface area contributed by atoms with E-state index in [0.717, 1.165) is 20.5 Å². The predicted octanol–water partition coefficient (Wildman–Crippen LogP) is 5.07. The molecule has 0 spiro atoms. The number of aromatic nitrogens is 1. The van der Waals surface area contributed by atoms with Gasteiger partial charge >= 0.3 is 0 Å². The quantitative estimate of drug-likeness (QED) is 0.520. The van der Waals surface area contributed by atoms with Gasteiger partial charge in [-0.1, -0.05) is 46.3 Å². The van der Waals surface area contributed by atoms with Crippen LogP contribution in [-0.2, 0) is 6.54 Å². The lowest BCUT2D eigenvalue weighted by atomic mass is 10.2. The summed E-state index contributed by atoms with van der Waals surface area (Å²) < 4.78 is 3.26. The van der Waals surface area contributed by atoms with Gasteiger partial charge in [-0.05, 0) is 40.5 Å². The van der Waals surface area contributed by atoms with Crippen molar-refractivity contribution in [2.75, 3.05) is 0 Å². The summed E-state index contributed by atoms with van der Waals surface area (Å²) >= 11 is 8.29. The normalized spacial score (nSPS) is 12.2. The number of aryl methyl sites for hydroxylation is 1. The first-order valence-corrected chi connectivity index (χ1v) is 9.95. The molecule has 0 aliphatic rings. The minimum Gasteiger partial charge on any atom is -0.506 e. The third-order valence-corrected chi connectivity index (χ3v) is 5.49. The van der Waals surface area contributed by atoms with Gasteiger partial charge in [0.05, 0.1) is 22.9 Å². The molecule has 3 aromatic rings. The third kappa shape index (κ3) is 4.48. The highest BCUT2D eigenvalue weighted by molar-refractivity contribution is 9.11. The molecule has 0 saturated carbocycles. The Balaban J connectivity index is 1.92. The molecule has 0 atom stereocenters. The van der Waals surface area contributed by atoms with Crippen molar-refractivity contribution in [1.29, 1.82) is 0 Å². The van der Waals surface area contributed by atoms with Gasteiger partial charge in [-0.25, -0.2) is 4.68 Å². The van der Waals surface area contributed by atoms with Crippen LogP contribution in [0.2, 0.25) is 0 Å². The average molecular weight is 481 g/mol. The van der Waals surface area contributed by atoms with Crippen LogP contribution in [-0.4, -0.2) is 16.0 Å². The number of hydrogen-bond acceptors (Lipinski definition) is 4. The summed E-state index contributed by atoms with van der Waals surface area (Å²) in [6.45, 7) is 2.58. The second-order valence-electron chi connectivity index (χ2n) is 5.34. The summed E-state index contributed by atoms with van der Waals surface area (Å²) in [7, 11) is 0. The highest BCUT2D eigenvalue weighted by atomic mass is 79.9. The number of nitrogens with zero attached hydrogens (tertiary/aromatic N) is 3. The van der Waals surface area contributed by atoms with E-state index in [1.54, 1.807) is 28.3 Å². The lowest BCUT2D eigenvalue weighted by Crippen LogP contribution is -2.12. The zero-order valence-corrected chi connectivity index (χ0v) is 17.3. The number of benzene rings is 2. The minimum absolute atomic E-state index is 0.156. The van der Waals surface area contributed by atoms with Crippen LogP contribution in [0.15, 0.2) is 66.9 Å². The van der Waals surface area contributed by atoms with Crippen molar-refractivity contribution in [3.63, 3.8) is 0 Å². The van der Waals surface area contributed by atoms with Crippen molar-refractivity contribution in [2.24, 2.45) is 10.1 Å². The van der Waals surface area contributed by atoms with E-state index < -0.39 is 0 Å². The Labute approximate surface area is 166 Å². The summed E-state index contributed by atoms with van der Waals surface area (Å²) in [5.74, 6) is 0.156. The molecule has 0 saturated heterocycles. The van der Waals surface area contributed by atoms with E-state index in [1.807, 2.05) is 36.6 Å². The Morgan fingerprint density at radius 3 is 2.72 bits per heavy atom. The van der Waals surface area contributed by atoms with E-state index in [2.05, 4.69) is 54.1 Å². The van der Waals surface area contributed by atoms with Crippen LogP contribution in [0.1, 0.15) is 16.8 Å². The van der Waals surface area contributed by atoms with E-state index in [-0.39, 0.29) is 5.75 Å². The zero-order valence-electron chi connectivity index (χ0n) is 13.4. The Morgan fingerprint density at radius 2 is 1.96 bits per heavy atom. The fraction of sp³-hybridized carbons (Fsp3) is 0.111. The van der Waals surface area contributed by atoms with Gasteiger partial charge in [-0.3, -0.25) is 4.99 Å². The van der Waals surface area contributed by atoms with E-state index in [4.69, 9.17) is 0 Å². The second-order valence-corrected chi connectivity index (χ2v) is 7.95. The van der Waals surface area contributed by atoms with Crippen molar-refractivity contribution in [3.05, 3.63) is 78.4 Å². The molecule has 0 fully saturated rings. The molecule has 1 heterocycles. The molecule has 2 aromatic carbocycles. The number of hydrogen-bond donors (Lipinski definition) is 1. The van der Waals surface area contributed by atoms with Crippen LogP contribution >= 0.6 is 43.2 Å². The summed E-state index contributed by atoms with van der Waals surface area (Å²) in [4.78, 5) is 5.47. The zero-order chi connectivity index (χ0) is 17.8. The molecular weight excluding hydrogens is 466 g/mol. The smallest absolute Gasteiger partial charge is 0.206 e. The fourth-order valence-electron chi connectivity index (χ4n) is 2.18. The van der Waals surface area contributed by atoms with Crippen LogP contribution in [0.5, 0.6) is 5.75 Å². The van der Waals surface area contributed by atoms with Gasteiger partial charge in [-0.15, -0.1) is 11.3 Å². The first-order chi connectivity index (χ1) is 12.0. The topological polar surface area (TPSA) is 49.9 Å². The highest BCUT2D eigenvalue weighted by Crippen LogP contribution is 2.30. The fourth-order valence-corrected chi connectivity index (χ4v) is 4.24. The maximum atomic E-state index is 10.2. The van der Waals surface area contributed by atoms with E-state index in [1.165, 1.54) is 0 Å². The number of halogens is 2. The standard InChI is InChI=1S/C18H15Br2N3OS/c1-12-11-25-18(21-9-13-5-3-2-4-6-13)23(12)22-10-14-7-15(19)8-16(20)17(14)24/h2-8,10-11,24H,9H2,1H3.